The highest BCUT2D eigenvalue weighted by atomic mass is 16.3. The van der Waals surface area contributed by atoms with Gasteiger partial charge in [0.05, 0.1) is 6.10 Å². The second kappa shape index (κ2) is 4.82. The summed E-state index contributed by atoms with van der Waals surface area (Å²) in [5, 5.41) is 15.0. The standard InChI is InChI=1S/C21H29NO2/c1-12-16-5-6-17-15-4-3-13-9-14(23)7-8-20(13,2)19(15)18(24)10-21(16,17)11-22-12/h7-9,12,15-19,22,24H,3-6,10-11H2,1-2H3. The Kier molecular flexibility index (Phi) is 3.08. The molecule has 1 aliphatic heterocycles. The van der Waals surface area contributed by atoms with Crippen LogP contribution in [0.4, 0.5) is 0 Å². The lowest BCUT2D eigenvalue weighted by Crippen LogP contribution is -2.57. The van der Waals surface area contributed by atoms with Crippen molar-refractivity contribution in [3.8, 4) is 0 Å². The lowest BCUT2D eigenvalue weighted by atomic mass is 9.46. The molecule has 4 aliphatic carbocycles. The van der Waals surface area contributed by atoms with Gasteiger partial charge in [-0.1, -0.05) is 18.6 Å². The van der Waals surface area contributed by atoms with Crippen LogP contribution in [0.25, 0.3) is 0 Å². The van der Waals surface area contributed by atoms with E-state index >= 15 is 0 Å². The molecule has 0 bridgehead atoms. The number of aliphatic hydroxyl groups excluding tert-OH is 1. The number of ketones is 1. The Balaban J connectivity index is 1.56. The van der Waals surface area contributed by atoms with E-state index in [2.05, 4.69) is 25.2 Å². The van der Waals surface area contributed by atoms with Crippen molar-refractivity contribution in [1.29, 1.82) is 0 Å². The van der Waals surface area contributed by atoms with E-state index in [1.807, 2.05) is 6.08 Å². The van der Waals surface area contributed by atoms with Crippen molar-refractivity contribution in [1.82, 2.24) is 5.32 Å². The minimum atomic E-state index is -0.245. The zero-order valence-electron chi connectivity index (χ0n) is 14.8. The minimum Gasteiger partial charge on any atom is -0.393 e. The van der Waals surface area contributed by atoms with Gasteiger partial charge in [-0.25, -0.2) is 0 Å². The molecule has 8 unspecified atom stereocenters. The highest BCUT2D eigenvalue weighted by Gasteiger charge is 2.65. The third kappa shape index (κ3) is 1.73. The highest BCUT2D eigenvalue weighted by molar-refractivity contribution is 6.01. The van der Waals surface area contributed by atoms with E-state index in [0.717, 1.165) is 37.6 Å². The molecule has 2 N–H and O–H groups in total. The maximum atomic E-state index is 11.8. The van der Waals surface area contributed by atoms with Gasteiger partial charge in [0, 0.05) is 23.9 Å². The number of nitrogens with one attached hydrogen (secondary N) is 1. The third-order valence-corrected chi connectivity index (χ3v) is 8.65. The molecule has 4 fully saturated rings. The van der Waals surface area contributed by atoms with Crippen LogP contribution in [0.1, 0.15) is 46.0 Å². The summed E-state index contributed by atoms with van der Waals surface area (Å²) < 4.78 is 0. The number of hydrogen-bond donors (Lipinski definition) is 2. The normalized spacial score (nSPS) is 55.5. The molecule has 5 aliphatic rings. The predicted molar refractivity (Wildman–Crippen MR) is 93.3 cm³/mol. The molecule has 1 spiro atoms. The fraction of sp³-hybridized carbons (Fsp3) is 0.762. The second-order valence-corrected chi connectivity index (χ2v) is 9.38. The van der Waals surface area contributed by atoms with Gasteiger partial charge in [0.15, 0.2) is 5.78 Å². The first-order chi connectivity index (χ1) is 11.5. The zero-order valence-corrected chi connectivity index (χ0v) is 14.8. The molecule has 0 aromatic carbocycles. The van der Waals surface area contributed by atoms with E-state index in [1.165, 1.54) is 18.4 Å². The Morgan fingerprint density at radius 3 is 2.88 bits per heavy atom. The van der Waals surface area contributed by atoms with Gasteiger partial charge in [-0.05, 0) is 74.3 Å². The van der Waals surface area contributed by atoms with Crippen molar-refractivity contribution in [3.05, 3.63) is 23.8 Å². The average molecular weight is 327 g/mol. The molecule has 3 nitrogen and oxygen atoms in total. The summed E-state index contributed by atoms with van der Waals surface area (Å²) in [6.45, 7) is 5.69. The SMILES string of the molecule is CC1NCC23CC(O)C4C(CCC5=CC(=O)C=CC54C)C2CCC13. The number of allylic oxidation sites excluding steroid dienone is 4. The first-order valence-electron chi connectivity index (χ1n) is 9.81. The molecule has 1 saturated heterocycles. The Hall–Kier alpha value is -0.930. The van der Waals surface area contributed by atoms with Crippen LogP contribution in [-0.4, -0.2) is 29.6 Å². The lowest BCUT2D eigenvalue weighted by molar-refractivity contribution is -0.116. The van der Waals surface area contributed by atoms with E-state index < -0.39 is 0 Å². The topological polar surface area (TPSA) is 49.3 Å². The van der Waals surface area contributed by atoms with Gasteiger partial charge in [-0.3, -0.25) is 4.79 Å². The van der Waals surface area contributed by atoms with Crippen molar-refractivity contribution in [2.45, 2.75) is 58.1 Å². The molecule has 5 rings (SSSR count). The number of aliphatic hydroxyl groups is 1. The minimum absolute atomic E-state index is 0.117. The van der Waals surface area contributed by atoms with Crippen LogP contribution >= 0.6 is 0 Å². The van der Waals surface area contributed by atoms with Crippen molar-refractivity contribution >= 4 is 5.78 Å². The first-order valence-corrected chi connectivity index (χ1v) is 9.81. The molecule has 0 radical (unpaired) electrons. The van der Waals surface area contributed by atoms with Crippen molar-refractivity contribution < 1.29 is 9.90 Å². The van der Waals surface area contributed by atoms with Gasteiger partial charge in [0.2, 0.25) is 0 Å². The summed E-state index contributed by atoms with van der Waals surface area (Å²) in [5.74, 6) is 2.50. The number of hydrogen-bond acceptors (Lipinski definition) is 3. The van der Waals surface area contributed by atoms with Gasteiger partial charge in [-0.15, -0.1) is 0 Å². The molecule has 130 valence electrons. The van der Waals surface area contributed by atoms with E-state index in [1.54, 1.807) is 6.08 Å². The fourth-order valence-electron chi connectivity index (χ4n) is 7.73. The molecule has 3 heteroatoms. The summed E-state index contributed by atoms with van der Waals surface area (Å²) in [4.78, 5) is 11.8. The molecular formula is C21H29NO2. The maximum absolute atomic E-state index is 11.8. The summed E-state index contributed by atoms with van der Waals surface area (Å²) >= 11 is 0. The van der Waals surface area contributed by atoms with E-state index in [4.69, 9.17) is 0 Å². The van der Waals surface area contributed by atoms with Crippen LogP contribution < -0.4 is 5.32 Å². The Morgan fingerprint density at radius 2 is 2.04 bits per heavy atom. The Bertz CT molecular complexity index is 652. The van der Waals surface area contributed by atoms with E-state index in [9.17, 15) is 9.90 Å². The van der Waals surface area contributed by atoms with Crippen LogP contribution in [0, 0.1) is 34.5 Å². The summed E-state index contributed by atoms with van der Waals surface area (Å²) in [6.07, 6.45) is 11.2. The van der Waals surface area contributed by atoms with Gasteiger partial charge < -0.3 is 10.4 Å². The molecule has 0 aromatic rings. The fourth-order valence-corrected chi connectivity index (χ4v) is 7.73. The van der Waals surface area contributed by atoms with Crippen molar-refractivity contribution in [2.75, 3.05) is 6.54 Å². The van der Waals surface area contributed by atoms with Crippen LogP contribution in [0.2, 0.25) is 0 Å². The van der Waals surface area contributed by atoms with E-state index in [-0.39, 0.29) is 23.2 Å². The Morgan fingerprint density at radius 1 is 1.25 bits per heavy atom. The molecule has 24 heavy (non-hydrogen) atoms. The van der Waals surface area contributed by atoms with Gasteiger partial charge in [-0.2, -0.15) is 0 Å². The molecule has 8 atom stereocenters. The van der Waals surface area contributed by atoms with Gasteiger partial charge in [0.1, 0.15) is 0 Å². The van der Waals surface area contributed by atoms with E-state index in [0.29, 0.717) is 17.4 Å². The number of carbonyl (C=O) groups is 1. The van der Waals surface area contributed by atoms with Crippen LogP contribution in [0.5, 0.6) is 0 Å². The zero-order chi connectivity index (χ0) is 16.7. The molecular weight excluding hydrogens is 298 g/mol. The van der Waals surface area contributed by atoms with Gasteiger partial charge in [0.25, 0.3) is 0 Å². The smallest absolute Gasteiger partial charge is 0.178 e. The molecule has 0 aromatic heterocycles. The summed E-state index contributed by atoms with van der Waals surface area (Å²) in [7, 11) is 0. The Labute approximate surface area is 144 Å². The predicted octanol–water partition coefficient (Wildman–Crippen LogP) is 2.85. The largest absolute Gasteiger partial charge is 0.393 e. The maximum Gasteiger partial charge on any atom is 0.178 e. The van der Waals surface area contributed by atoms with Crippen LogP contribution in [0.3, 0.4) is 0 Å². The molecule has 3 saturated carbocycles. The third-order valence-electron chi connectivity index (χ3n) is 8.65. The van der Waals surface area contributed by atoms with Crippen molar-refractivity contribution in [2.24, 2.45) is 34.5 Å². The second-order valence-electron chi connectivity index (χ2n) is 9.38. The number of fused-ring (bicyclic) bond motifs is 4. The van der Waals surface area contributed by atoms with Gasteiger partial charge >= 0.3 is 0 Å². The summed E-state index contributed by atoms with van der Waals surface area (Å²) in [6, 6.07) is 0.598. The van der Waals surface area contributed by atoms with Crippen LogP contribution in [0.15, 0.2) is 23.8 Å². The van der Waals surface area contributed by atoms with Crippen LogP contribution in [-0.2, 0) is 4.79 Å². The quantitative estimate of drug-likeness (QED) is 0.719. The molecule has 0 amide bonds. The lowest BCUT2D eigenvalue weighted by Gasteiger charge is -2.58. The van der Waals surface area contributed by atoms with Crippen molar-refractivity contribution in [3.63, 3.8) is 0 Å². The number of carbonyl (C=O) groups excluding carboxylic acids is 1. The monoisotopic (exact) mass is 327 g/mol. The highest BCUT2D eigenvalue weighted by Crippen LogP contribution is 2.67. The molecule has 1 heterocycles. The summed E-state index contributed by atoms with van der Waals surface area (Å²) in [5.41, 5.74) is 1.47. The number of rotatable bonds is 0. The first kappa shape index (κ1) is 15.3. The average Bonchev–Trinajstić information content (AvgIpc) is 3.05.